The lowest BCUT2D eigenvalue weighted by atomic mass is 10.1. The van der Waals surface area contributed by atoms with E-state index in [-0.39, 0.29) is 0 Å². The maximum Gasteiger partial charge on any atom is 0.158 e. The standard InChI is InChI=1S/C23H25N5O2S/c1-16-12-18(26-30-16)13-27-8-10-28(11-9-27)22-21-19(17-6-4-3-5-7-17)15-31-23(21)25-20(24-22)14-29-2/h3-7,12,15H,8-11,13-14H2,1-2H3. The molecule has 1 aliphatic rings. The van der Waals surface area contributed by atoms with Crippen LogP contribution in [0.4, 0.5) is 5.82 Å². The Bertz CT molecular complexity index is 1170. The molecule has 0 aliphatic carbocycles. The van der Waals surface area contributed by atoms with Crippen LogP contribution in [0.1, 0.15) is 17.3 Å². The van der Waals surface area contributed by atoms with E-state index in [0.29, 0.717) is 6.61 Å². The Hall–Kier alpha value is -2.81. The van der Waals surface area contributed by atoms with Crippen molar-refractivity contribution in [2.45, 2.75) is 20.1 Å². The second-order valence-electron chi connectivity index (χ2n) is 7.78. The first-order valence-electron chi connectivity index (χ1n) is 10.4. The van der Waals surface area contributed by atoms with E-state index in [4.69, 9.17) is 19.2 Å². The fourth-order valence-corrected chi connectivity index (χ4v) is 5.02. The molecule has 31 heavy (non-hydrogen) atoms. The molecule has 0 atom stereocenters. The first-order valence-corrected chi connectivity index (χ1v) is 11.3. The van der Waals surface area contributed by atoms with Crippen LogP contribution < -0.4 is 4.90 Å². The van der Waals surface area contributed by atoms with E-state index in [1.54, 1.807) is 18.4 Å². The van der Waals surface area contributed by atoms with Gasteiger partial charge in [0.25, 0.3) is 0 Å². The van der Waals surface area contributed by atoms with Crippen molar-refractivity contribution in [2.75, 3.05) is 38.2 Å². The first-order chi connectivity index (χ1) is 15.2. The number of hydrogen-bond acceptors (Lipinski definition) is 8. The summed E-state index contributed by atoms with van der Waals surface area (Å²) in [4.78, 5) is 15.5. The SMILES string of the molecule is COCc1nc(N2CCN(Cc3cc(C)on3)CC2)c2c(-c3ccccc3)csc2n1. The Morgan fingerprint density at radius 2 is 1.90 bits per heavy atom. The number of methoxy groups -OCH3 is 1. The number of hydrogen-bond donors (Lipinski definition) is 0. The van der Waals surface area contributed by atoms with Gasteiger partial charge in [-0.3, -0.25) is 4.90 Å². The average Bonchev–Trinajstić information content (AvgIpc) is 3.40. The van der Waals surface area contributed by atoms with Crippen molar-refractivity contribution in [3.8, 4) is 11.1 Å². The average molecular weight is 436 g/mol. The number of anilines is 1. The summed E-state index contributed by atoms with van der Waals surface area (Å²) in [7, 11) is 1.68. The summed E-state index contributed by atoms with van der Waals surface area (Å²) in [6, 6.07) is 12.5. The Labute approximate surface area is 185 Å². The van der Waals surface area contributed by atoms with Gasteiger partial charge in [-0.05, 0) is 12.5 Å². The highest BCUT2D eigenvalue weighted by atomic mass is 32.1. The molecule has 1 saturated heterocycles. The van der Waals surface area contributed by atoms with E-state index in [9.17, 15) is 0 Å². The Morgan fingerprint density at radius 3 is 2.61 bits per heavy atom. The second-order valence-corrected chi connectivity index (χ2v) is 8.64. The summed E-state index contributed by atoms with van der Waals surface area (Å²) in [5, 5.41) is 7.46. The fraction of sp³-hybridized carbons (Fsp3) is 0.348. The third-order valence-corrected chi connectivity index (χ3v) is 6.43. The third-order valence-electron chi connectivity index (χ3n) is 5.55. The van der Waals surface area contributed by atoms with E-state index < -0.39 is 0 Å². The molecular weight excluding hydrogens is 410 g/mol. The molecule has 0 radical (unpaired) electrons. The van der Waals surface area contributed by atoms with Gasteiger partial charge in [0, 0.05) is 56.8 Å². The minimum Gasteiger partial charge on any atom is -0.377 e. The lowest BCUT2D eigenvalue weighted by Crippen LogP contribution is -2.46. The van der Waals surface area contributed by atoms with Crippen LogP contribution in [0.25, 0.3) is 21.3 Å². The molecule has 1 aromatic carbocycles. The predicted molar refractivity (Wildman–Crippen MR) is 122 cm³/mol. The zero-order chi connectivity index (χ0) is 21.2. The molecule has 1 fully saturated rings. The minimum absolute atomic E-state index is 0.410. The number of aromatic nitrogens is 3. The largest absolute Gasteiger partial charge is 0.377 e. The molecule has 8 heteroatoms. The molecule has 0 bridgehead atoms. The number of piperazine rings is 1. The monoisotopic (exact) mass is 435 g/mol. The van der Waals surface area contributed by atoms with Gasteiger partial charge in [-0.15, -0.1) is 11.3 Å². The van der Waals surface area contributed by atoms with Gasteiger partial charge in [0.2, 0.25) is 0 Å². The van der Waals surface area contributed by atoms with Crippen LogP contribution in [0.3, 0.4) is 0 Å². The maximum absolute atomic E-state index is 5.33. The first kappa shape index (κ1) is 20.1. The molecular formula is C23H25N5O2S. The molecule has 160 valence electrons. The van der Waals surface area contributed by atoms with Crippen LogP contribution in [-0.4, -0.2) is 53.3 Å². The van der Waals surface area contributed by atoms with Crippen LogP contribution in [0.5, 0.6) is 0 Å². The lowest BCUT2D eigenvalue weighted by Gasteiger charge is -2.35. The summed E-state index contributed by atoms with van der Waals surface area (Å²) in [5.41, 5.74) is 3.38. The van der Waals surface area contributed by atoms with Crippen molar-refractivity contribution in [1.82, 2.24) is 20.0 Å². The number of thiophene rings is 1. The van der Waals surface area contributed by atoms with E-state index >= 15 is 0 Å². The zero-order valence-corrected chi connectivity index (χ0v) is 18.6. The highest BCUT2D eigenvalue weighted by molar-refractivity contribution is 7.17. The number of fused-ring (bicyclic) bond motifs is 1. The van der Waals surface area contributed by atoms with Gasteiger partial charge in [-0.25, -0.2) is 9.97 Å². The zero-order valence-electron chi connectivity index (χ0n) is 17.7. The molecule has 3 aromatic heterocycles. The van der Waals surface area contributed by atoms with Gasteiger partial charge in [0.1, 0.15) is 23.0 Å². The Balaban J connectivity index is 1.44. The van der Waals surface area contributed by atoms with Gasteiger partial charge in [-0.1, -0.05) is 35.5 Å². The van der Waals surface area contributed by atoms with Gasteiger partial charge >= 0.3 is 0 Å². The van der Waals surface area contributed by atoms with Gasteiger partial charge < -0.3 is 14.2 Å². The molecule has 7 nitrogen and oxygen atoms in total. The topological polar surface area (TPSA) is 67.5 Å². The van der Waals surface area contributed by atoms with Crippen LogP contribution >= 0.6 is 11.3 Å². The number of benzene rings is 1. The molecule has 0 unspecified atom stereocenters. The van der Waals surface area contributed by atoms with Crippen LogP contribution in [-0.2, 0) is 17.9 Å². The van der Waals surface area contributed by atoms with Crippen LogP contribution in [0.2, 0.25) is 0 Å². The normalized spacial score (nSPS) is 15.1. The summed E-state index contributed by atoms with van der Waals surface area (Å²) in [6.45, 7) is 6.85. The van der Waals surface area contributed by atoms with E-state index in [2.05, 4.69) is 44.6 Å². The molecule has 4 heterocycles. The fourth-order valence-electron chi connectivity index (χ4n) is 4.06. The van der Waals surface area contributed by atoms with Crippen molar-refractivity contribution in [2.24, 2.45) is 0 Å². The molecule has 0 amide bonds. The van der Waals surface area contributed by atoms with Crippen molar-refractivity contribution in [3.05, 3.63) is 59.1 Å². The van der Waals surface area contributed by atoms with Gasteiger partial charge in [-0.2, -0.15) is 0 Å². The summed E-state index contributed by atoms with van der Waals surface area (Å²) in [6.07, 6.45) is 0. The predicted octanol–water partition coefficient (Wildman–Crippen LogP) is 4.12. The molecule has 0 spiro atoms. The van der Waals surface area contributed by atoms with Crippen molar-refractivity contribution in [3.63, 3.8) is 0 Å². The maximum atomic E-state index is 5.33. The highest BCUT2D eigenvalue weighted by Crippen LogP contribution is 2.38. The van der Waals surface area contributed by atoms with Crippen molar-refractivity contribution >= 4 is 27.4 Å². The number of ether oxygens (including phenoxy) is 1. The number of rotatable bonds is 6. The Kier molecular flexibility index (Phi) is 5.67. The highest BCUT2D eigenvalue weighted by Gasteiger charge is 2.24. The lowest BCUT2D eigenvalue weighted by molar-refractivity contribution is 0.178. The summed E-state index contributed by atoms with van der Waals surface area (Å²) >= 11 is 1.67. The quantitative estimate of drug-likeness (QED) is 0.451. The van der Waals surface area contributed by atoms with Crippen LogP contribution in [0, 0.1) is 6.92 Å². The molecule has 5 rings (SSSR count). The smallest absolute Gasteiger partial charge is 0.158 e. The Morgan fingerprint density at radius 1 is 1.10 bits per heavy atom. The van der Waals surface area contributed by atoms with Crippen molar-refractivity contribution < 1.29 is 9.26 Å². The van der Waals surface area contributed by atoms with Crippen LogP contribution in [0.15, 0.2) is 46.3 Å². The third kappa shape index (κ3) is 4.19. The molecule has 0 saturated carbocycles. The molecule has 4 aromatic rings. The van der Waals surface area contributed by atoms with Gasteiger partial charge in [0.05, 0.1) is 11.1 Å². The summed E-state index contributed by atoms with van der Waals surface area (Å²) in [5.74, 6) is 2.59. The van der Waals surface area contributed by atoms with Crippen molar-refractivity contribution in [1.29, 1.82) is 0 Å². The molecule has 1 aliphatic heterocycles. The second kappa shape index (κ2) is 8.74. The number of aryl methyl sites for hydroxylation is 1. The van der Waals surface area contributed by atoms with E-state index in [1.807, 2.05) is 19.1 Å². The molecule has 0 N–H and O–H groups in total. The van der Waals surface area contributed by atoms with E-state index in [1.165, 1.54) is 11.1 Å². The van der Waals surface area contributed by atoms with E-state index in [0.717, 1.165) is 66.0 Å². The minimum atomic E-state index is 0.410. The summed E-state index contributed by atoms with van der Waals surface area (Å²) < 4.78 is 10.5. The number of nitrogens with zero attached hydrogens (tertiary/aromatic N) is 5. The van der Waals surface area contributed by atoms with Gasteiger partial charge in [0.15, 0.2) is 5.82 Å².